The maximum Gasteiger partial charge on any atom is 0.415 e. The largest absolute Gasteiger partial charge is 0.445 e. The monoisotopic (exact) mass is 498 g/mol. The Balaban J connectivity index is 2.40. The Kier molecular flexibility index (Phi) is 7.23. The molecule has 1 saturated heterocycles. The fraction of sp³-hybridized carbons (Fsp3) is 0.667. The van der Waals surface area contributed by atoms with Gasteiger partial charge in [0.2, 0.25) is 9.70 Å². The van der Waals surface area contributed by atoms with Crippen LogP contribution >= 0.6 is 46.1 Å². The molecule has 0 aromatic carbocycles. The first-order valence-corrected chi connectivity index (χ1v) is 11.1. The Bertz CT molecular complexity index is 832. The zero-order valence-electron chi connectivity index (χ0n) is 17.7. The van der Waals surface area contributed by atoms with E-state index in [1.54, 1.807) is 46.6 Å². The van der Waals surface area contributed by atoms with Crippen molar-refractivity contribution in [3.05, 3.63) is 11.2 Å². The van der Waals surface area contributed by atoms with Crippen molar-refractivity contribution in [2.24, 2.45) is 0 Å². The first-order valence-electron chi connectivity index (χ1n) is 9.12. The zero-order chi connectivity index (χ0) is 23.1. The summed E-state index contributed by atoms with van der Waals surface area (Å²) < 4.78 is 3.39. The predicted molar refractivity (Wildman–Crippen MR) is 119 cm³/mol. The molecular formula is C18H25Cl3N4O4S. The van der Waals surface area contributed by atoms with E-state index in [-0.39, 0.29) is 11.6 Å². The molecule has 1 aromatic heterocycles. The highest BCUT2D eigenvalue weighted by Crippen LogP contribution is 2.35. The van der Waals surface area contributed by atoms with Crippen LogP contribution in [0.15, 0.2) is 5.51 Å². The van der Waals surface area contributed by atoms with Gasteiger partial charge in [-0.1, -0.05) is 34.8 Å². The highest BCUT2D eigenvalue weighted by molar-refractivity contribution is 7.14. The van der Waals surface area contributed by atoms with Crippen molar-refractivity contribution in [3.63, 3.8) is 0 Å². The van der Waals surface area contributed by atoms with Gasteiger partial charge >= 0.3 is 6.09 Å². The third-order valence-electron chi connectivity index (χ3n) is 4.62. The van der Waals surface area contributed by atoms with Crippen LogP contribution in [0.4, 0.5) is 9.80 Å². The second-order valence-corrected chi connectivity index (χ2v) is 11.8. The highest BCUT2D eigenvalue weighted by atomic mass is 35.6. The molecule has 0 bridgehead atoms. The zero-order valence-corrected chi connectivity index (χ0v) is 20.7. The summed E-state index contributed by atoms with van der Waals surface area (Å²) in [6.45, 7) is 9.01. The normalized spacial score (nSPS) is 17.2. The van der Waals surface area contributed by atoms with Crippen molar-refractivity contribution in [1.29, 1.82) is 0 Å². The quantitative estimate of drug-likeness (QED) is 0.588. The summed E-state index contributed by atoms with van der Waals surface area (Å²) in [7, 11) is 1.70. The van der Waals surface area contributed by atoms with Crippen molar-refractivity contribution in [2.45, 2.75) is 49.5 Å². The van der Waals surface area contributed by atoms with Gasteiger partial charge < -0.3 is 14.5 Å². The molecule has 1 aromatic rings. The van der Waals surface area contributed by atoms with Crippen LogP contribution in [0, 0.1) is 0 Å². The topological polar surface area (TPSA) is 83.1 Å². The second-order valence-electron chi connectivity index (χ2n) is 8.42. The van der Waals surface area contributed by atoms with Gasteiger partial charge in [-0.25, -0.2) is 9.78 Å². The number of halogens is 3. The summed E-state index contributed by atoms with van der Waals surface area (Å²) in [5.74, 6) is -0.616. The minimum Gasteiger partial charge on any atom is -0.445 e. The number of ether oxygens (including phenoxy) is 1. The number of hydrogen-bond acceptors (Lipinski definition) is 6. The Morgan fingerprint density at radius 2 is 1.87 bits per heavy atom. The predicted octanol–water partition coefficient (Wildman–Crippen LogP) is 3.95. The van der Waals surface area contributed by atoms with E-state index in [0.29, 0.717) is 18.1 Å². The molecule has 0 atom stereocenters. The molecule has 0 saturated carbocycles. The van der Waals surface area contributed by atoms with Crippen molar-refractivity contribution in [3.8, 4) is 0 Å². The van der Waals surface area contributed by atoms with E-state index < -0.39 is 33.5 Å². The third-order valence-corrected chi connectivity index (χ3v) is 5.75. The van der Waals surface area contributed by atoms with Crippen molar-refractivity contribution < 1.29 is 19.1 Å². The number of aromatic nitrogens is 1. The van der Waals surface area contributed by atoms with Gasteiger partial charge in [-0.2, -0.15) is 0 Å². The van der Waals surface area contributed by atoms with Crippen LogP contribution in [0.2, 0.25) is 0 Å². The fourth-order valence-corrected chi connectivity index (χ4v) is 4.24. The molecule has 0 unspecified atom stereocenters. The number of likely N-dealkylation sites (N-methyl/N-ethyl adjacent to an activating group) is 1. The number of piperazine rings is 1. The lowest BCUT2D eigenvalue weighted by Crippen LogP contribution is -2.63. The molecule has 3 amide bonds. The van der Waals surface area contributed by atoms with Gasteiger partial charge in [-0.05, 0) is 34.6 Å². The van der Waals surface area contributed by atoms with Gasteiger partial charge in [0, 0.05) is 25.7 Å². The first-order chi connectivity index (χ1) is 13.6. The lowest BCUT2D eigenvalue weighted by Gasteiger charge is -2.44. The van der Waals surface area contributed by atoms with Crippen molar-refractivity contribution in [2.75, 3.05) is 31.6 Å². The first kappa shape index (κ1) is 25.0. The van der Waals surface area contributed by atoms with Gasteiger partial charge in [0.25, 0.3) is 5.91 Å². The molecular weight excluding hydrogens is 475 g/mol. The number of carbonyl (C=O) groups excluding carboxylic acids is 3. The average Bonchev–Trinajstić information content (AvgIpc) is 3.05. The van der Waals surface area contributed by atoms with E-state index >= 15 is 0 Å². The highest BCUT2D eigenvalue weighted by Gasteiger charge is 2.45. The standard InChI is InChI=1S/C18H25Cl3N4O4S/c1-16(2,3)25(15(28)29-9-18(19,20)21)13-11(22-10-30-13)12(26)24-8-7-23(6)14(27)17(24,4)5/h10H,7-9H2,1-6H3. The summed E-state index contributed by atoms with van der Waals surface area (Å²) in [5.41, 5.74) is -0.284. The van der Waals surface area contributed by atoms with Crippen LogP contribution in [-0.4, -0.2) is 74.3 Å². The second kappa shape index (κ2) is 8.68. The summed E-state index contributed by atoms with van der Waals surface area (Å²) in [4.78, 5) is 47.4. The maximum absolute atomic E-state index is 13.4. The van der Waals surface area contributed by atoms with Crippen LogP contribution in [-0.2, 0) is 9.53 Å². The SMILES string of the molecule is CN1CCN(C(=O)c2ncsc2N(C(=O)OCC(Cl)(Cl)Cl)C(C)(C)C)C(C)(C)C1=O. The lowest BCUT2D eigenvalue weighted by molar-refractivity contribution is -0.144. The molecule has 0 spiro atoms. The molecule has 0 aliphatic carbocycles. The maximum atomic E-state index is 13.4. The van der Waals surface area contributed by atoms with Crippen LogP contribution in [0.5, 0.6) is 0 Å². The minimum atomic E-state index is -1.77. The number of alkyl halides is 3. The van der Waals surface area contributed by atoms with E-state index in [1.165, 1.54) is 15.3 Å². The summed E-state index contributed by atoms with van der Waals surface area (Å²) in [6, 6.07) is 0. The summed E-state index contributed by atoms with van der Waals surface area (Å²) in [5, 5.41) is 0.295. The molecule has 1 aliphatic rings. The van der Waals surface area contributed by atoms with Crippen LogP contribution < -0.4 is 4.90 Å². The van der Waals surface area contributed by atoms with E-state index in [4.69, 9.17) is 39.5 Å². The van der Waals surface area contributed by atoms with E-state index in [9.17, 15) is 14.4 Å². The Labute approximate surface area is 195 Å². The number of rotatable bonds is 3. The lowest BCUT2D eigenvalue weighted by atomic mass is 9.97. The molecule has 2 rings (SSSR count). The van der Waals surface area contributed by atoms with E-state index in [1.807, 2.05) is 0 Å². The van der Waals surface area contributed by atoms with Crippen LogP contribution in [0.3, 0.4) is 0 Å². The Morgan fingerprint density at radius 3 is 2.40 bits per heavy atom. The molecule has 1 fully saturated rings. The summed E-state index contributed by atoms with van der Waals surface area (Å²) >= 11 is 18.2. The molecule has 0 radical (unpaired) electrons. The number of nitrogens with zero attached hydrogens (tertiary/aromatic N) is 4. The Hall–Kier alpha value is -1.29. The number of hydrogen-bond donors (Lipinski definition) is 0. The van der Waals surface area contributed by atoms with Gasteiger partial charge in [-0.15, -0.1) is 11.3 Å². The van der Waals surface area contributed by atoms with E-state index in [2.05, 4.69) is 4.98 Å². The average molecular weight is 500 g/mol. The molecule has 2 heterocycles. The molecule has 8 nitrogen and oxygen atoms in total. The van der Waals surface area contributed by atoms with Gasteiger partial charge in [0.05, 0.1) is 5.51 Å². The van der Waals surface area contributed by atoms with Gasteiger partial charge in [0.15, 0.2) is 5.69 Å². The van der Waals surface area contributed by atoms with Crippen molar-refractivity contribution >= 4 is 69.0 Å². The fourth-order valence-electron chi connectivity index (χ4n) is 3.11. The third kappa shape index (κ3) is 5.30. The molecule has 0 N–H and O–H groups in total. The minimum absolute atomic E-state index is 0.0613. The molecule has 30 heavy (non-hydrogen) atoms. The molecule has 168 valence electrons. The van der Waals surface area contributed by atoms with Crippen LogP contribution in [0.1, 0.15) is 45.1 Å². The number of anilines is 1. The molecule has 1 aliphatic heterocycles. The molecule has 12 heteroatoms. The number of thiazole rings is 1. The smallest absolute Gasteiger partial charge is 0.415 e. The number of amides is 3. The van der Waals surface area contributed by atoms with Crippen LogP contribution in [0.25, 0.3) is 0 Å². The van der Waals surface area contributed by atoms with Crippen molar-refractivity contribution in [1.82, 2.24) is 14.8 Å². The van der Waals surface area contributed by atoms with E-state index in [0.717, 1.165) is 11.3 Å². The summed E-state index contributed by atoms with van der Waals surface area (Å²) in [6.07, 6.45) is -0.777. The van der Waals surface area contributed by atoms with Gasteiger partial charge in [0.1, 0.15) is 17.1 Å². The Morgan fingerprint density at radius 1 is 1.27 bits per heavy atom. The number of carbonyl (C=O) groups is 3. The van der Waals surface area contributed by atoms with Gasteiger partial charge in [-0.3, -0.25) is 14.5 Å².